The fourth-order valence-corrected chi connectivity index (χ4v) is 4.84. The molecule has 6 heteroatoms. The fraction of sp³-hybridized carbons (Fsp3) is 0.500. The number of fused-ring (bicyclic) bond motifs is 1. The maximum absolute atomic E-state index is 13.6. The molecule has 1 saturated carbocycles. The van der Waals surface area contributed by atoms with Gasteiger partial charge in [-0.15, -0.1) is 0 Å². The number of thioether (sulfide) groups is 1. The van der Waals surface area contributed by atoms with Gasteiger partial charge in [-0.05, 0) is 59.2 Å². The van der Waals surface area contributed by atoms with Crippen LogP contribution in [0.3, 0.4) is 0 Å². The Morgan fingerprint density at radius 2 is 2.30 bits per heavy atom. The lowest BCUT2D eigenvalue weighted by atomic mass is 10.2. The van der Waals surface area contributed by atoms with Gasteiger partial charge in [-0.1, -0.05) is 6.92 Å². The van der Waals surface area contributed by atoms with Gasteiger partial charge in [0.15, 0.2) is 4.77 Å². The first-order chi connectivity index (χ1) is 9.60. The molecule has 0 saturated heterocycles. The number of H-pyrrole nitrogens is 1. The number of hydrogen-bond donors (Lipinski definition) is 1. The average molecular weight is 375 g/mol. The molecule has 2 nitrogen and oxygen atoms in total. The molecule has 0 amide bonds. The summed E-state index contributed by atoms with van der Waals surface area (Å²) in [6, 6.07) is 3.77. The number of rotatable bonds is 3. The van der Waals surface area contributed by atoms with Gasteiger partial charge in [0, 0.05) is 17.4 Å². The standard InChI is InChI=1S/C14H16BrFN2S2/c1-2-20-9-4-3-8(5-9)18-13-6-10(15)11(16)7-12(13)17-14(18)19/h6-9H,2-5H2,1H3,(H,17,19). The highest BCUT2D eigenvalue weighted by Crippen LogP contribution is 2.39. The van der Waals surface area contributed by atoms with Crippen molar-refractivity contribution in [3.05, 3.63) is 27.2 Å². The highest BCUT2D eigenvalue weighted by Gasteiger charge is 2.27. The second kappa shape index (κ2) is 5.81. The monoisotopic (exact) mass is 374 g/mol. The van der Waals surface area contributed by atoms with Crippen molar-refractivity contribution in [2.24, 2.45) is 0 Å². The molecule has 0 radical (unpaired) electrons. The zero-order valence-corrected chi connectivity index (χ0v) is 14.4. The van der Waals surface area contributed by atoms with Gasteiger partial charge in [-0.2, -0.15) is 11.8 Å². The molecule has 108 valence electrons. The van der Waals surface area contributed by atoms with Gasteiger partial charge in [-0.3, -0.25) is 0 Å². The van der Waals surface area contributed by atoms with Crippen LogP contribution >= 0.6 is 39.9 Å². The third kappa shape index (κ3) is 2.57. The van der Waals surface area contributed by atoms with E-state index in [0.717, 1.165) is 34.9 Å². The molecule has 1 aromatic heterocycles. The van der Waals surface area contributed by atoms with E-state index in [1.165, 1.54) is 12.5 Å². The van der Waals surface area contributed by atoms with Crippen molar-refractivity contribution in [3.63, 3.8) is 0 Å². The third-order valence-corrected chi connectivity index (χ3v) is 6.02. The highest BCUT2D eigenvalue weighted by molar-refractivity contribution is 9.10. The van der Waals surface area contributed by atoms with Gasteiger partial charge in [0.25, 0.3) is 0 Å². The fourth-order valence-electron chi connectivity index (χ4n) is 3.02. The summed E-state index contributed by atoms with van der Waals surface area (Å²) in [6.07, 6.45) is 3.53. The molecular weight excluding hydrogens is 359 g/mol. The second-order valence-corrected chi connectivity index (χ2v) is 7.95. The Kier molecular flexibility index (Phi) is 4.24. The smallest absolute Gasteiger partial charge is 0.178 e. The number of nitrogens with one attached hydrogen (secondary N) is 1. The Morgan fingerprint density at radius 1 is 1.50 bits per heavy atom. The van der Waals surface area contributed by atoms with E-state index in [4.69, 9.17) is 12.2 Å². The zero-order valence-electron chi connectivity index (χ0n) is 11.2. The van der Waals surface area contributed by atoms with Gasteiger partial charge in [-0.25, -0.2) is 4.39 Å². The van der Waals surface area contributed by atoms with Crippen molar-refractivity contribution in [2.75, 3.05) is 5.75 Å². The number of imidazole rings is 1. The van der Waals surface area contributed by atoms with Crippen molar-refractivity contribution >= 4 is 50.9 Å². The Hall–Kier alpha value is -0.330. The molecule has 1 aliphatic rings. The number of halogens is 2. The summed E-state index contributed by atoms with van der Waals surface area (Å²) >= 11 is 10.7. The van der Waals surface area contributed by atoms with E-state index in [9.17, 15) is 4.39 Å². The topological polar surface area (TPSA) is 20.7 Å². The van der Waals surface area contributed by atoms with Crippen LogP contribution in [0.15, 0.2) is 16.6 Å². The molecule has 1 N–H and O–H groups in total. The van der Waals surface area contributed by atoms with E-state index in [1.807, 2.05) is 17.8 Å². The summed E-state index contributed by atoms with van der Waals surface area (Å²) in [5.41, 5.74) is 1.78. The maximum Gasteiger partial charge on any atom is 0.178 e. The highest BCUT2D eigenvalue weighted by atomic mass is 79.9. The Bertz CT molecular complexity index is 694. The predicted molar refractivity (Wildman–Crippen MR) is 89.6 cm³/mol. The van der Waals surface area contributed by atoms with E-state index < -0.39 is 0 Å². The van der Waals surface area contributed by atoms with Gasteiger partial charge >= 0.3 is 0 Å². The molecule has 2 unspecified atom stereocenters. The first-order valence-corrected chi connectivity index (χ1v) is 9.06. The minimum Gasteiger partial charge on any atom is -0.330 e. The van der Waals surface area contributed by atoms with Crippen LogP contribution in [0.25, 0.3) is 11.0 Å². The van der Waals surface area contributed by atoms with Crippen molar-refractivity contribution in [1.82, 2.24) is 9.55 Å². The van der Waals surface area contributed by atoms with Gasteiger partial charge in [0.05, 0.1) is 15.5 Å². The van der Waals surface area contributed by atoms with E-state index in [-0.39, 0.29) is 5.82 Å². The third-order valence-electron chi connectivity index (χ3n) is 3.88. The van der Waals surface area contributed by atoms with E-state index in [1.54, 1.807) is 0 Å². The molecule has 1 aliphatic carbocycles. The summed E-state index contributed by atoms with van der Waals surface area (Å²) in [7, 11) is 0. The summed E-state index contributed by atoms with van der Waals surface area (Å²) in [5.74, 6) is 0.902. The lowest BCUT2D eigenvalue weighted by Crippen LogP contribution is -2.06. The molecule has 3 rings (SSSR count). The van der Waals surface area contributed by atoms with Crippen LogP contribution in [0, 0.1) is 10.6 Å². The van der Waals surface area contributed by atoms with Crippen LogP contribution < -0.4 is 0 Å². The predicted octanol–water partition coefficient (Wildman–Crippen LogP) is 5.45. The average Bonchev–Trinajstić information content (AvgIpc) is 2.95. The van der Waals surface area contributed by atoms with Crippen LogP contribution in [0.2, 0.25) is 0 Å². The molecule has 2 atom stereocenters. The second-order valence-electron chi connectivity index (χ2n) is 5.13. The quantitative estimate of drug-likeness (QED) is 0.721. The van der Waals surface area contributed by atoms with Crippen LogP contribution in [0.5, 0.6) is 0 Å². The molecule has 1 heterocycles. The minimum atomic E-state index is -0.258. The summed E-state index contributed by atoms with van der Waals surface area (Å²) in [6.45, 7) is 2.20. The Balaban J connectivity index is 2.02. The van der Waals surface area contributed by atoms with Crippen LogP contribution in [0.4, 0.5) is 4.39 Å². The molecule has 0 spiro atoms. The molecular formula is C14H16BrFN2S2. The maximum atomic E-state index is 13.6. The number of benzene rings is 1. The van der Waals surface area contributed by atoms with Gasteiger partial charge in [0.1, 0.15) is 5.82 Å². The molecule has 0 aliphatic heterocycles. The first kappa shape index (κ1) is 14.6. The number of hydrogen-bond acceptors (Lipinski definition) is 2. The summed E-state index contributed by atoms with van der Waals surface area (Å²) in [5, 5.41) is 0.723. The summed E-state index contributed by atoms with van der Waals surface area (Å²) in [4.78, 5) is 3.13. The van der Waals surface area contributed by atoms with Crippen LogP contribution in [-0.2, 0) is 0 Å². The largest absolute Gasteiger partial charge is 0.330 e. The number of nitrogens with zero attached hydrogens (tertiary/aromatic N) is 1. The van der Waals surface area contributed by atoms with Crippen LogP contribution in [-0.4, -0.2) is 20.6 Å². The van der Waals surface area contributed by atoms with Crippen LogP contribution in [0.1, 0.15) is 32.2 Å². The van der Waals surface area contributed by atoms with Crippen molar-refractivity contribution in [1.29, 1.82) is 0 Å². The summed E-state index contributed by atoms with van der Waals surface area (Å²) < 4.78 is 17.0. The molecule has 1 fully saturated rings. The van der Waals surface area contributed by atoms with Crippen molar-refractivity contribution < 1.29 is 4.39 Å². The zero-order chi connectivity index (χ0) is 14.3. The van der Waals surface area contributed by atoms with Crippen molar-refractivity contribution in [2.45, 2.75) is 37.5 Å². The first-order valence-electron chi connectivity index (χ1n) is 6.81. The number of aromatic amines is 1. The number of aromatic nitrogens is 2. The van der Waals surface area contributed by atoms with Gasteiger partial charge < -0.3 is 9.55 Å². The molecule has 1 aromatic carbocycles. The molecule has 0 bridgehead atoms. The Morgan fingerprint density at radius 3 is 3.05 bits per heavy atom. The molecule has 2 aromatic rings. The SMILES string of the molecule is CCSC1CCC(n2c(=S)[nH]c3cc(F)c(Br)cc32)C1. The van der Waals surface area contributed by atoms with E-state index >= 15 is 0 Å². The Labute approximate surface area is 135 Å². The normalized spacial score (nSPS) is 22.8. The van der Waals surface area contributed by atoms with Gasteiger partial charge in [0.2, 0.25) is 0 Å². The lowest BCUT2D eigenvalue weighted by molar-refractivity contribution is 0.527. The van der Waals surface area contributed by atoms with E-state index in [2.05, 4.69) is 32.4 Å². The minimum absolute atomic E-state index is 0.258. The molecule has 20 heavy (non-hydrogen) atoms. The van der Waals surface area contributed by atoms with E-state index in [0.29, 0.717) is 15.3 Å². The lowest BCUT2D eigenvalue weighted by Gasteiger charge is -2.14. The van der Waals surface area contributed by atoms with Crippen molar-refractivity contribution in [3.8, 4) is 0 Å².